The van der Waals surface area contributed by atoms with Crippen LogP contribution in [0.25, 0.3) is 0 Å². The number of aromatic nitrogens is 1. The summed E-state index contributed by atoms with van der Waals surface area (Å²) in [5, 5.41) is 4.08. The molecule has 0 bridgehead atoms. The second-order valence-corrected chi connectivity index (χ2v) is 11.0. The van der Waals surface area contributed by atoms with Gasteiger partial charge in [0.2, 0.25) is 0 Å². The second kappa shape index (κ2) is 10.3. The zero-order valence-corrected chi connectivity index (χ0v) is 21.0. The molecule has 4 rings (SSSR count). The first kappa shape index (κ1) is 25.6. The molecule has 2 aliphatic rings. The molecule has 0 radical (unpaired) electrons. The van der Waals surface area contributed by atoms with Gasteiger partial charge in [-0.15, -0.1) is 11.3 Å². The number of hydrogen-bond donors (Lipinski definition) is 0. The minimum Gasteiger partial charge on any atom is -0.376 e. The highest BCUT2D eigenvalue weighted by Gasteiger charge is 2.32. The van der Waals surface area contributed by atoms with Crippen LogP contribution in [-0.2, 0) is 22.9 Å². The normalized spacial score (nSPS) is 19.4. The third-order valence-corrected chi connectivity index (χ3v) is 7.52. The van der Waals surface area contributed by atoms with E-state index in [9.17, 15) is 18.0 Å². The molecular weight excluding hydrogens is 479 g/mol. The van der Waals surface area contributed by atoms with Crippen LogP contribution in [0.4, 0.5) is 13.2 Å². The van der Waals surface area contributed by atoms with Gasteiger partial charge in [-0.1, -0.05) is 25.9 Å². The number of hydrogen-bond acceptors (Lipinski definition) is 5. The summed E-state index contributed by atoms with van der Waals surface area (Å²) >= 11 is 1.35. The predicted octanol–water partition coefficient (Wildman–Crippen LogP) is 6.09. The monoisotopic (exact) mass is 509 g/mol. The van der Waals surface area contributed by atoms with E-state index in [2.05, 4.69) is 30.9 Å². The average molecular weight is 510 g/mol. The quantitative estimate of drug-likeness (QED) is 0.458. The van der Waals surface area contributed by atoms with Crippen molar-refractivity contribution in [3.05, 3.63) is 45.2 Å². The van der Waals surface area contributed by atoms with Crippen molar-refractivity contribution in [2.45, 2.75) is 83.5 Å². The van der Waals surface area contributed by atoms with Gasteiger partial charge < -0.3 is 14.1 Å². The molecule has 1 aliphatic carbocycles. The fraction of sp³-hybridized carbons (Fsp3) is 0.560. The van der Waals surface area contributed by atoms with Gasteiger partial charge >= 0.3 is 6.18 Å². The Balaban J connectivity index is 1.73. The summed E-state index contributed by atoms with van der Waals surface area (Å²) in [5.41, 5.74) is -0.549. The van der Waals surface area contributed by atoms with E-state index >= 15 is 0 Å². The number of thiazole rings is 1. The molecule has 1 saturated heterocycles. The van der Waals surface area contributed by atoms with Crippen LogP contribution in [0, 0.1) is 0 Å². The molecule has 1 aromatic carbocycles. The number of ether oxygens (including phenoxy) is 1. The van der Waals surface area contributed by atoms with Crippen LogP contribution in [0.3, 0.4) is 0 Å². The van der Waals surface area contributed by atoms with E-state index in [-0.39, 0.29) is 22.8 Å². The summed E-state index contributed by atoms with van der Waals surface area (Å²) in [6.45, 7) is 7.39. The number of carbonyl (C=O) groups is 1. The topological polar surface area (TPSA) is 65.2 Å². The van der Waals surface area contributed by atoms with E-state index in [1.54, 1.807) is 0 Å². The number of rotatable bonds is 5. The summed E-state index contributed by atoms with van der Waals surface area (Å²) in [5.74, 6) is -0.842. The Bertz CT molecular complexity index is 1160. The highest BCUT2D eigenvalue weighted by molar-refractivity contribution is 7.09. The Morgan fingerprint density at radius 1 is 1.20 bits per heavy atom. The van der Waals surface area contributed by atoms with E-state index in [4.69, 9.17) is 9.57 Å². The number of nitrogens with zero attached hydrogens (tertiary/aromatic N) is 3. The molecule has 2 fully saturated rings. The molecule has 1 aliphatic heterocycles. The fourth-order valence-corrected chi connectivity index (χ4v) is 5.10. The first-order valence-electron chi connectivity index (χ1n) is 11.9. The SMILES string of the molecule is CC(C)(C)c1cn(C[C@H]2CCCO2)/c(=N/C(=O)c2cc(C(F)(F)F)ccc2ON=C2CCCC2)s1. The zero-order valence-electron chi connectivity index (χ0n) is 20.2. The van der Waals surface area contributed by atoms with Gasteiger partial charge in [-0.3, -0.25) is 4.79 Å². The van der Waals surface area contributed by atoms with E-state index in [0.29, 0.717) is 18.0 Å². The maximum Gasteiger partial charge on any atom is 0.416 e. The van der Waals surface area contributed by atoms with Crippen molar-refractivity contribution in [3.8, 4) is 5.75 Å². The minimum atomic E-state index is -4.60. The van der Waals surface area contributed by atoms with Crippen LogP contribution >= 0.6 is 11.3 Å². The smallest absolute Gasteiger partial charge is 0.376 e. The largest absolute Gasteiger partial charge is 0.416 e. The number of carbonyl (C=O) groups excluding carboxylic acids is 1. The summed E-state index contributed by atoms with van der Waals surface area (Å²) in [7, 11) is 0. The molecule has 0 unspecified atom stereocenters. The molecule has 2 aromatic rings. The number of amides is 1. The maximum absolute atomic E-state index is 13.4. The molecule has 35 heavy (non-hydrogen) atoms. The van der Waals surface area contributed by atoms with Gasteiger partial charge in [0, 0.05) is 17.7 Å². The number of alkyl halides is 3. The van der Waals surface area contributed by atoms with Gasteiger partial charge in [0.05, 0.1) is 29.5 Å². The van der Waals surface area contributed by atoms with Crippen molar-refractivity contribution in [2.24, 2.45) is 10.1 Å². The molecule has 1 aromatic heterocycles. The Hall–Kier alpha value is -2.46. The first-order valence-corrected chi connectivity index (χ1v) is 12.7. The highest BCUT2D eigenvalue weighted by Crippen LogP contribution is 2.33. The molecule has 1 atom stereocenters. The van der Waals surface area contributed by atoms with Gasteiger partial charge in [-0.25, -0.2) is 0 Å². The molecule has 0 spiro atoms. The van der Waals surface area contributed by atoms with Crippen molar-refractivity contribution in [2.75, 3.05) is 6.61 Å². The Kier molecular flexibility index (Phi) is 7.51. The van der Waals surface area contributed by atoms with Gasteiger partial charge in [-0.05, 0) is 62.1 Å². The molecular formula is C25H30F3N3O3S. The predicted molar refractivity (Wildman–Crippen MR) is 128 cm³/mol. The van der Waals surface area contributed by atoms with Crippen LogP contribution in [0.5, 0.6) is 5.75 Å². The fourth-order valence-electron chi connectivity index (χ4n) is 4.04. The molecule has 10 heteroatoms. The van der Waals surface area contributed by atoms with E-state index in [1.807, 2.05) is 10.8 Å². The third kappa shape index (κ3) is 6.41. The number of benzene rings is 1. The molecule has 0 N–H and O–H groups in total. The Morgan fingerprint density at radius 2 is 1.94 bits per heavy atom. The van der Waals surface area contributed by atoms with Crippen LogP contribution in [0.2, 0.25) is 0 Å². The average Bonchev–Trinajstić information content (AvgIpc) is 3.54. The van der Waals surface area contributed by atoms with E-state index < -0.39 is 17.6 Å². The van der Waals surface area contributed by atoms with E-state index in [1.165, 1.54) is 11.3 Å². The van der Waals surface area contributed by atoms with Crippen molar-refractivity contribution >= 4 is 23.0 Å². The summed E-state index contributed by atoms with van der Waals surface area (Å²) in [4.78, 5) is 24.4. The highest BCUT2D eigenvalue weighted by atomic mass is 32.1. The lowest BCUT2D eigenvalue weighted by Gasteiger charge is -2.15. The van der Waals surface area contributed by atoms with Gasteiger partial charge in [0.15, 0.2) is 10.6 Å². The lowest BCUT2D eigenvalue weighted by atomic mass is 9.95. The van der Waals surface area contributed by atoms with E-state index in [0.717, 1.165) is 67.3 Å². The maximum atomic E-state index is 13.4. The van der Waals surface area contributed by atoms with Gasteiger partial charge in [-0.2, -0.15) is 18.2 Å². The molecule has 6 nitrogen and oxygen atoms in total. The van der Waals surface area contributed by atoms with Crippen molar-refractivity contribution in [1.29, 1.82) is 0 Å². The molecule has 1 saturated carbocycles. The molecule has 1 amide bonds. The molecule has 190 valence electrons. The van der Waals surface area contributed by atoms with Gasteiger partial charge in [0.25, 0.3) is 5.91 Å². The van der Waals surface area contributed by atoms with Crippen molar-refractivity contribution in [3.63, 3.8) is 0 Å². The lowest BCUT2D eigenvalue weighted by molar-refractivity contribution is -0.137. The number of oxime groups is 1. The summed E-state index contributed by atoms with van der Waals surface area (Å²) in [6, 6.07) is 2.82. The Morgan fingerprint density at radius 3 is 2.57 bits per heavy atom. The lowest BCUT2D eigenvalue weighted by Crippen LogP contribution is -2.23. The van der Waals surface area contributed by atoms with Crippen molar-refractivity contribution < 1.29 is 27.5 Å². The minimum absolute atomic E-state index is 0.0150. The summed E-state index contributed by atoms with van der Waals surface area (Å²) in [6.07, 6.45) is 2.80. The first-order chi connectivity index (χ1) is 16.5. The van der Waals surface area contributed by atoms with Crippen LogP contribution in [0.15, 0.2) is 34.5 Å². The van der Waals surface area contributed by atoms with Crippen LogP contribution in [0.1, 0.15) is 80.1 Å². The molecule has 2 heterocycles. The second-order valence-electron chi connectivity index (χ2n) is 10.00. The van der Waals surface area contributed by atoms with Crippen molar-refractivity contribution in [1.82, 2.24) is 4.57 Å². The van der Waals surface area contributed by atoms with Crippen LogP contribution in [-0.4, -0.2) is 28.9 Å². The number of halogens is 3. The summed E-state index contributed by atoms with van der Waals surface area (Å²) < 4.78 is 47.9. The third-order valence-electron chi connectivity index (χ3n) is 6.07. The van der Waals surface area contributed by atoms with Crippen LogP contribution < -0.4 is 9.64 Å². The zero-order chi connectivity index (χ0) is 25.2. The Labute approximate surface area is 206 Å². The van der Waals surface area contributed by atoms with Gasteiger partial charge in [0.1, 0.15) is 0 Å². The standard InChI is InChI=1S/C25H30F3N3O3S/c1-24(2,3)21-15-31(14-18-9-6-12-33-18)23(35-21)29-22(32)19-13-16(25(26,27)28)10-11-20(19)34-30-17-7-4-5-8-17/h10-11,13,15,18H,4-9,12,14H2,1-3H3/b29-23-/t18-/m1/s1.